The summed E-state index contributed by atoms with van der Waals surface area (Å²) in [6.45, 7) is 9.29. The zero-order chi connectivity index (χ0) is 11.0. The van der Waals surface area contributed by atoms with E-state index in [4.69, 9.17) is 0 Å². The maximum Gasteiger partial charge on any atom is 0.165 e. The van der Waals surface area contributed by atoms with Gasteiger partial charge in [-0.1, -0.05) is 56.9 Å². The van der Waals surface area contributed by atoms with Gasteiger partial charge in [0.05, 0.1) is 0 Å². The van der Waals surface area contributed by atoms with Crippen LogP contribution in [0.3, 0.4) is 0 Å². The van der Waals surface area contributed by atoms with E-state index in [9.17, 15) is 4.79 Å². The Balaban J connectivity index is 4.80. The Bertz CT molecular complexity index is 278. The topological polar surface area (TPSA) is 17.1 Å². The van der Waals surface area contributed by atoms with Gasteiger partial charge in [-0.15, -0.1) is 0 Å². The van der Waals surface area contributed by atoms with E-state index in [-0.39, 0.29) is 11.7 Å². The van der Waals surface area contributed by atoms with Crippen molar-refractivity contribution in [3.8, 4) is 0 Å². The lowest BCUT2D eigenvalue weighted by Gasteiger charge is -2.03. The molecule has 0 amide bonds. The first kappa shape index (κ1) is 12.6. The van der Waals surface area contributed by atoms with Crippen molar-refractivity contribution in [1.82, 2.24) is 0 Å². The van der Waals surface area contributed by atoms with Gasteiger partial charge in [0.25, 0.3) is 0 Å². The normalized spacial score (nSPS) is 13.0. The van der Waals surface area contributed by atoms with Gasteiger partial charge >= 0.3 is 0 Å². The molecule has 14 heavy (non-hydrogen) atoms. The fourth-order valence-electron chi connectivity index (χ4n) is 0.925. The third kappa shape index (κ3) is 4.61. The predicted octanol–water partition coefficient (Wildman–Crippen LogP) is 3.46. The highest BCUT2D eigenvalue weighted by Gasteiger charge is 2.09. The molecule has 0 fully saturated rings. The second-order valence-corrected chi connectivity index (χ2v) is 3.26. The molecule has 0 N–H and O–H groups in total. The van der Waals surface area contributed by atoms with Crippen LogP contribution in [0.4, 0.5) is 0 Å². The van der Waals surface area contributed by atoms with Gasteiger partial charge in [0.15, 0.2) is 5.78 Å². The first-order valence-electron chi connectivity index (χ1n) is 4.79. The largest absolute Gasteiger partial charge is 0.294 e. The maximum atomic E-state index is 11.7. The molecule has 0 aromatic carbocycles. The van der Waals surface area contributed by atoms with Gasteiger partial charge in [-0.25, -0.2) is 0 Å². The monoisotopic (exact) mass is 190 g/mol. The van der Waals surface area contributed by atoms with Gasteiger partial charge in [0.2, 0.25) is 0 Å². The van der Waals surface area contributed by atoms with Crippen molar-refractivity contribution in [3.05, 3.63) is 48.6 Å². The van der Waals surface area contributed by atoms with Crippen LogP contribution in [-0.2, 0) is 4.79 Å². The standard InChI is InChI=1S/C13H18O/c1-5-7-9-12(10-8-6-2)13(14)11(3)4/h5-11H,1H2,2-4H3/b8-6-,9-7-,12-10+. The molecule has 0 heterocycles. The summed E-state index contributed by atoms with van der Waals surface area (Å²) in [5.74, 6) is 0.183. The molecule has 0 aromatic heterocycles. The fourth-order valence-corrected chi connectivity index (χ4v) is 0.925. The highest BCUT2D eigenvalue weighted by Crippen LogP contribution is 2.08. The van der Waals surface area contributed by atoms with Crippen LogP contribution in [0.15, 0.2) is 48.6 Å². The molecule has 0 saturated carbocycles. The number of carbonyl (C=O) groups excluding carboxylic acids is 1. The minimum atomic E-state index is 0.0287. The van der Waals surface area contributed by atoms with E-state index in [1.807, 2.05) is 39.0 Å². The molecule has 0 saturated heterocycles. The number of ketones is 1. The molecular formula is C13H18O. The summed E-state index contributed by atoms with van der Waals surface area (Å²) in [6, 6.07) is 0. The SMILES string of the molecule is C=C\C=C/C(=C\C=C/C)C(=O)C(C)C. The van der Waals surface area contributed by atoms with Crippen LogP contribution >= 0.6 is 0 Å². The van der Waals surface area contributed by atoms with E-state index in [0.29, 0.717) is 0 Å². The molecule has 0 radical (unpaired) electrons. The van der Waals surface area contributed by atoms with Crippen molar-refractivity contribution in [2.75, 3.05) is 0 Å². The molecule has 1 nitrogen and oxygen atoms in total. The van der Waals surface area contributed by atoms with Crippen molar-refractivity contribution in [1.29, 1.82) is 0 Å². The summed E-state index contributed by atoms with van der Waals surface area (Å²) < 4.78 is 0. The summed E-state index contributed by atoms with van der Waals surface area (Å²) >= 11 is 0. The molecule has 0 aliphatic heterocycles. The lowest BCUT2D eigenvalue weighted by molar-refractivity contribution is -0.117. The molecule has 0 aliphatic carbocycles. The average molecular weight is 190 g/mol. The Morgan fingerprint density at radius 2 is 1.93 bits per heavy atom. The van der Waals surface area contributed by atoms with Crippen molar-refractivity contribution >= 4 is 5.78 Å². The van der Waals surface area contributed by atoms with E-state index in [1.54, 1.807) is 18.2 Å². The van der Waals surface area contributed by atoms with Crippen LogP contribution in [0.5, 0.6) is 0 Å². The molecule has 0 spiro atoms. The highest BCUT2D eigenvalue weighted by molar-refractivity contribution is 5.99. The second-order valence-electron chi connectivity index (χ2n) is 3.26. The first-order valence-corrected chi connectivity index (χ1v) is 4.79. The smallest absolute Gasteiger partial charge is 0.165 e. The molecule has 0 unspecified atom stereocenters. The molecule has 0 aromatic rings. The molecule has 0 aliphatic rings. The third-order valence-corrected chi connectivity index (χ3v) is 1.69. The van der Waals surface area contributed by atoms with Crippen LogP contribution in [-0.4, -0.2) is 5.78 Å². The lowest BCUT2D eigenvalue weighted by atomic mass is 10.0. The molecule has 0 rings (SSSR count). The van der Waals surface area contributed by atoms with Crippen LogP contribution in [0.1, 0.15) is 20.8 Å². The van der Waals surface area contributed by atoms with Crippen LogP contribution in [0, 0.1) is 5.92 Å². The van der Waals surface area contributed by atoms with E-state index in [2.05, 4.69) is 6.58 Å². The Morgan fingerprint density at radius 1 is 1.29 bits per heavy atom. The van der Waals surface area contributed by atoms with E-state index < -0.39 is 0 Å². The molecule has 76 valence electrons. The summed E-state index contributed by atoms with van der Waals surface area (Å²) in [5.41, 5.74) is 0.720. The Morgan fingerprint density at radius 3 is 2.36 bits per heavy atom. The zero-order valence-corrected chi connectivity index (χ0v) is 9.16. The summed E-state index contributed by atoms with van der Waals surface area (Å²) in [7, 11) is 0. The van der Waals surface area contributed by atoms with Crippen LogP contribution in [0.25, 0.3) is 0 Å². The average Bonchev–Trinajstić information content (AvgIpc) is 2.17. The highest BCUT2D eigenvalue weighted by atomic mass is 16.1. The number of carbonyl (C=O) groups is 1. The minimum absolute atomic E-state index is 0.0287. The van der Waals surface area contributed by atoms with Crippen LogP contribution in [0.2, 0.25) is 0 Å². The number of hydrogen-bond acceptors (Lipinski definition) is 1. The van der Waals surface area contributed by atoms with E-state index in [0.717, 1.165) is 5.57 Å². The number of hydrogen-bond donors (Lipinski definition) is 0. The Hall–Kier alpha value is -1.37. The molecule has 1 heteroatoms. The second kappa shape index (κ2) is 7.07. The van der Waals surface area contributed by atoms with E-state index in [1.165, 1.54) is 0 Å². The summed E-state index contributed by atoms with van der Waals surface area (Å²) in [5, 5.41) is 0. The minimum Gasteiger partial charge on any atom is -0.294 e. The third-order valence-electron chi connectivity index (χ3n) is 1.69. The van der Waals surface area contributed by atoms with Gasteiger partial charge in [-0.2, -0.15) is 0 Å². The van der Waals surface area contributed by atoms with Gasteiger partial charge in [-0.05, 0) is 6.92 Å². The van der Waals surface area contributed by atoms with Crippen molar-refractivity contribution in [2.45, 2.75) is 20.8 Å². The number of allylic oxidation sites excluding steroid dienone is 7. The van der Waals surface area contributed by atoms with Crippen molar-refractivity contribution in [2.24, 2.45) is 5.92 Å². The molecule has 0 atom stereocenters. The van der Waals surface area contributed by atoms with Crippen molar-refractivity contribution < 1.29 is 4.79 Å². The number of rotatable bonds is 5. The van der Waals surface area contributed by atoms with Gasteiger partial charge < -0.3 is 0 Å². The number of Topliss-reactive ketones (excluding diaryl/α,β-unsaturated/α-hetero) is 1. The zero-order valence-electron chi connectivity index (χ0n) is 9.16. The Labute approximate surface area is 86.5 Å². The molecule has 0 bridgehead atoms. The van der Waals surface area contributed by atoms with Gasteiger partial charge in [-0.3, -0.25) is 4.79 Å². The summed E-state index contributed by atoms with van der Waals surface area (Å²) in [6.07, 6.45) is 10.8. The predicted molar refractivity (Wildman–Crippen MR) is 62.1 cm³/mol. The summed E-state index contributed by atoms with van der Waals surface area (Å²) in [4.78, 5) is 11.7. The fraction of sp³-hybridized carbons (Fsp3) is 0.308. The first-order chi connectivity index (χ1) is 6.63. The van der Waals surface area contributed by atoms with E-state index >= 15 is 0 Å². The lowest BCUT2D eigenvalue weighted by Crippen LogP contribution is -2.08. The van der Waals surface area contributed by atoms with Gasteiger partial charge in [0, 0.05) is 11.5 Å². The maximum absolute atomic E-state index is 11.7. The van der Waals surface area contributed by atoms with Gasteiger partial charge in [0.1, 0.15) is 0 Å². The molecular weight excluding hydrogens is 172 g/mol. The Kier molecular flexibility index (Phi) is 6.38. The van der Waals surface area contributed by atoms with Crippen LogP contribution < -0.4 is 0 Å². The van der Waals surface area contributed by atoms with Crippen molar-refractivity contribution in [3.63, 3.8) is 0 Å². The quantitative estimate of drug-likeness (QED) is 0.479.